The Hall–Kier alpha value is -1.47. The average molecular weight is 388 g/mol. The Morgan fingerprint density at radius 1 is 1.37 bits per heavy atom. The molecule has 2 rings (SSSR count). The number of non-ortho nitro benzene ring substituents is 1. The van der Waals surface area contributed by atoms with Crippen LogP contribution in [0.15, 0.2) is 41.0 Å². The summed E-state index contributed by atoms with van der Waals surface area (Å²) in [6.45, 7) is 0. The lowest BCUT2D eigenvalue weighted by Gasteiger charge is -2.08. The van der Waals surface area contributed by atoms with E-state index in [1.54, 1.807) is 18.3 Å². The maximum absolute atomic E-state index is 10.8. The maximum atomic E-state index is 10.8. The summed E-state index contributed by atoms with van der Waals surface area (Å²) in [6.07, 6.45) is 1.61. The summed E-state index contributed by atoms with van der Waals surface area (Å²) in [5, 5.41) is 11.4. The van der Waals surface area contributed by atoms with Gasteiger partial charge >= 0.3 is 0 Å². The monoisotopic (exact) mass is 386 g/mol. The second kappa shape index (κ2) is 6.12. The van der Waals surface area contributed by atoms with Crippen LogP contribution in [0, 0.1) is 10.1 Å². The smallest absolute Gasteiger partial charge is 0.274 e. The molecule has 0 fully saturated rings. The van der Waals surface area contributed by atoms with Gasteiger partial charge in [0.1, 0.15) is 5.75 Å². The number of hydrogen-bond donors (Lipinski definition) is 0. The minimum absolute atomic E-state index is 0.0410. The number of alkyl halides is 1. The number of halogens is 2. The van der Waals surface area contributed by atoms with Crippen molar-refractivity contribution in [2.45, 2.75) is 5.33 Å². The largest absolute Gasteiger partial charge is 0.438 e. The lowest BCUT2D eigenvalue weighted by molar-refractivity contribution is -0.385. The first-order chi connectivity index (χ1) is 9.10. The first-order valence-electron chi connectivity index (χ1n) is 5.23. The number of rotatable bonds is 4. The van der Waals surface area contributed by atoms with E-state index in [1.165, 1.54) is 12.1 Å². The first-order valence-corrected chi connectivity index (χ1v) is 7.14. The Kier molecular flexibility index (Phi) is 4.49. The quantitative estimate of drug-likeness (QED) is 0.442. The third-order valence-electron chi connectivity index (χ3n) is 2.28. The molecule has 98 valence electrons. The standard InChI is InChI=1S/C12H8Br2N2O3/c13-7-8-2-1-3-15-12(8)19-11-5-9(14)4-10(6-11)16(17)18/h1-6H,7H2. The molecule has 19 heavy (non-hydrogen) atoms. The Bertz CT molecular complexity index is 620. The fourth-order valence-electron chi connectivity index (χ4n) is 1.44. The lowest BCUT2D eigenvalue weighted by atomic mass is 10.3. The van der Waals surface area contributed by atoms with Gasteiger partial charge in [-0.2, -0.15) is 0 Å². The summed E-state index contributed by atoms with van der Waals surface area (Å²) in [5.74, 6) is 0.786. The van der Waals surface area contributed by atoms with Crippen LogP contribution < -0.4 is 4.74 Å². The van der Waals surface area contributed by atoms with Gasteiger partial charge in [-0.05, 0) is 12.1 Å². The van der Waals surface area contributed by atoms with E-state index in [-0.39, 0.29) is 5.69 Å². The van der Waals surface area contributed by atoms with Gasteiger partial charge in [-0.25, -0.2) is 4.98 Å². The molecule has 0 bridgehead atoms. The van der Waals surface area contributed by atoms with Crippen LogP contribution in [0.4, 0.5) is 5.69 Å². The summed E-state index contributed by atoms with van der Waals surface area (Å²) in [7, 11) is 0. The molecule has 0 saturated carbocycles. The summed E-state index contributed by atoms with van der Waals surface area (Å²) in [6, 6.07) is 8.09. The summed E-state index contributed by atoms with van der Waals surface area (Å²) in [4.78, 5) is 14.4. The average Bonchev–Trinajstić information content (AvgIpc) is 2.38. The Morgan fingerprint density at radius 2 is 2.16 bits per heavy atom. The van der Waals surface area contributed by atoms with Gasteiger partial charge in [0.15, 0.2) is 0 Å². The van der Waals surface area contributed by atoms with Crippen LogP contribution in [0.25, 0.3) is 0 Å². The molecule has 5 nitrogen and oxygen atoms in total. The van der Waals surface area contributed by atoms with E-state index < -0.39 is 4.92 Å². The molecule has 0 aliphatic carbocycles. The highest BCUT2D eigenvalue weighted by Gasteiger charge is 2.12. The van der Waals surface area contributed by atoms with Crippen LogP contribution >= 0.6 is 31.9 Å². The molecule has 0 unspecified atom stereocenters. The maximum Gasteiger partial charge on any atom is 0.274 e. The number of nitrogens with zero attached hydrogens (tertiary/aromatic N) is 2. The zero-order valence-electron chi connectivity index (χ0n) is 9.55. The normalized spacial score (nSPS) is 10.2. The highest BCUT2D eigenvalue weighted by molar-refractivity contribution is 9.10. The van der Waals surface area contributed by atoms with E-state index >= 15 is 0 Å². The Morgan fingerprint density at radius 3 is 2.84 bits per heavy atom. The van der Waals surface area contributed by atoms with Crippen molar-refractivity contribution in [2.75, 3.05) is 0 Å². The molecule has 0 radical (unpaired) electrons. The van der Waals surface area contributed by atoms with Crippen LogP contribution in [0.3, 0.4) is 0 Å². The molecule has 7 heteroatoms. The van der Waals surface area contributed by atoms with Crippen molar-refractivity contribution in [3.63, 3.8) is 0 Å². The van der Waals surface area contributed by atoms with E-state index in [4.69, 9.17) is 4.74 Å². The molecule has 0 spiro atoms. The second-order valence-corrected chi connectivity index (χ2v) is 5.08. The molecular formula is C12H8Br2N2O3. The van der Waals surface area contributed by atoms with Gasteiger partial charge in [-0.3, -0.25) is 10.1 Å². The molecule has 1 heterocycles. The molecule has 0 aliphatic rings. The molecule has 0 atom stereocenters. The van der Waals surface area contributed by atoms with Gasteiger partial charge in [-0.15, -0.1) is 0 Å². The van der Waals surface area contributed by atoms with Crippen molar-refractivity contribution in [1.82, 2.24) is 4.98 Å². The third kappa shape index (κ3) is 3.51. The minimum atomic E-state index is -0.471. The molecule has 0 aliphatic heterocycles. The van der Waals surface area contributed by atoms with E-state index in [0.29, 0.717) is 21.4 Å². The number of hydrogen-bond acceptors (Lipinski definition) is 4. The zero-order chi connectivity index (χ0) is 13.8. The van der Waals surface area contributed by atoms with Crippen LogP contribution in [0.5, 0.6) is 11.6 Å². The van der Waals surface area contributed by atoms with Crippen LogP contribution in [-0.2, 0) is 5.33 Å². The number of nitro benzene ring substituents is 1. The van der Waals surface area contributed by atoms with Crippen molar-refractivity contribution < 1.29 is 9.66 Å². The predicted molar refractivity (Wildman–Crippen MR) is 77.7 cm³/mol. The summed E-state index contributed by atoms with van der Waals surface area (Å²) in [5.41, 5.74) is 0.825. The van der Waals surface area contributed by atoms with Crippen molar-refractivity contribution in [2.24, 2.45) is 0 Å². The van der Waals surface area contributed by atoms with Crippen molar-refractivity contribution in [1.29, 1.82) is 0 Å². The van der Waals surface area contributed by atoms with Crippen molar-refractivity contribution >= 4 is 37.5 Å². The first kappa shape index (κ1) is 14.0. The molecule has 1 aromatic heterocycles. The predicted octanol–water partition coefficient (Wildman–Crippen LogP) is 4.44. The SMILES string of the molecule is O=[N+]([O-])c1cc(Br)cc(Oc2ncccc2CBr)c1. The minimum Gasteiger partial charge on any atom is -0.438 e. The highest BCUT2D eigenvalue weighted by atomic mass is 79.9. The van der Waals surface area contributed by atoms with E-state index in [1.807, 2.05) is 6.07 Å². The molecule has 0 N–H and O–H groups in total. The van der Waals surface area contributed by atoms with Crippen LogP contribution in [0.1, 0.15) is 5.56 Å². The second-order valence-electron chi connectivity index (χ2n) is 3.61. The molecule has 0 amide bonds. The number of nitro groups is 1. The fourth-order valence-corrected chi connectivity index (χ4v) is 2.33. The molecule has 0 saturated heterocycles. The van der Waals surface area contributed by atoms with Gasteiger partial charge in [0.2, 0.25) is 5.88 Å². The van der Waals surface area contributed by atoms with Gasteiger partial charge in [-0.1, -0.05) is 37.9 Å². The molecule has 1 aromatic carbocycles. The number of pyridine rings is 1. The summed E-state index contributed by atoms with van der Waals surface area (Å²) >= 11 is 6.55. The Labute approximate surface area is 126 Å². The van der Waals surface area contributed by atoms with E-state index in [0.717, 1.165) is 5.56 Å². The molecular weight excluding hydrogens is 380 g/mol. The lowest BCUT2D eigenvalue weighted by Crippen LogP contribution is -1.94. The zero-order valence-corrected chi connectivity index (χ0v) is 12.7. The van der Waals surface area contributed by atoms with Gasteiger partial charge in [0, 0.05) is 27.6 Å². The Balaban J connectivity index is 2.35. The highest BCUT2D eigenvalue weighted by Crippen LogP contribution is 2.30. The number of aromatic nitrogens is 1. The number of benzene rings is 1. The van der Waals surface area contributed by atoms with E-state index in [9.17, 15) is 10.1 Å². The summed E-state index contributed by atoms with van der Waals surface area (Å²) < 4.78 is 6.17. The topological polar surface area (TPSA) is 65.3 Å². The fraction of sp³-hybridized carbons (Fsp3) is 0.0833. The van der Waals surface area contributed by atoms with Crippen molar-refractivity contribution in [3.8, 4) is 11.6 Å². The number of ether oxygens (including phenoxy) is 1. The van der Waals surface area contributed by atoms with Gasteiger partial charge in [0.25, 0.3) is 5.69 Å². The van der Waals surface area contributed by atoms with Crippen LogP contribution in [-0.4, -0.2) is 9.91 Å². The van der Waals surface area contributed by atoms with Crippen LogP contribution in [0.2, 0.25) is 0 Å². The van der Waals surface area contributed by atoms with Gasteiger partial charge < -0.3 is 4.74 Å². The van der Waals surface area contributed by atoms with Crippen molar-refractivity contribution in [3.05, 3.63) is 56.7 Å². The van der Waals surface area contributed by atoms with E-state index in [2.05, 4.69) is 36.8 Å². The van der Waals surface area contributed by atoms with Gasteiger partial charge in [0.05, 0.1) is 11.0 Å². The third-order valence-corrected chi connectivity index (χ3v) is 3.34. The molecule has 2 aromatic rings.